The molecule has 1 saturated carbocycles. The largest absolute Gasteiger partial charge is 0.490 e. The standard InChI is InChI=1S/C40H49ClN4O6S/c1-6-9-25(3)26(4)52(50,22-36(47)32-21-44(5)42-39(32)49)43-38(48)28-12-16-37-34(19-28)45(20-29-11-14-31(29)35(46)7-2)23-40(24-51-37)17-8-10-27-18-30(41)13-15-33(27)40/h6-7,12-13,15-16,18-19,21,25-26,29,31,35,46H,1-2,8-11,14,17,20,22-24H2,3-5H3,(H,42,49)/t25-,26+,29-,31+,35-,40-,52-/m0/s1. The number of amides is 1. The predicted octanol–water partition coefficient (Wildman–Crippen LogP) is 6.50. The zero-order valence-electron chi connectivity index (χ0n) is 30.2. The molecule has 3 aromatic rings. The molecular formula is C40H49ClN4O6S. The fourth-order valence-electron chi connectivity index (χ4n) is 8.20. The topological polar surface area (TPSA) is 134 Å². The minimum atomic E-state index is -3.50. The van der Waals surface area contributed by atoms with Gasteiger partial charge in [0, 0.05) is 47.6 Å². The van der Waals surface area contributed by atoms with Gasteiger partial charge < -0.3 is 14.7 Å². The number of ether oxygens (including phenoxy) is 1. The van der Waals surface area contributed by atoms with Crippen molar-refractivity contribution < 1.29 is 23.6 Å². The highest BCUT2D eigenvalue weighted by Crippen LogP contribution is 2.46. The van der Waals surface area contributed by atoms with Gasteiger partial charge in [0.15, 0.2) is 5.78 Å². The Balaban J connectivity index is 1.39. The maximum Gasteiger partial charge on any atom is 0.285 e. The Hall–Kier alpha value is -3.93. The average molecular weight is 749 g/mol. The quantitative estimate of drug-likeness (QED) is 0.160. The molecule has 6 rings (SSSR count). The number of benzene rings is 2. The molecule has 1 spiro atoms. The molecule has 2 aromatic carbocycles. The number of ketones is 1. The summed E-state index contributed by atoms with van der Waals surface area (Å²) in [5.41, 5.74) is 2.33. The number of hydrogen-bond acceptors (Lipinski definition) is 7. The van der Waals surface area contributed by atoms with E-state index in [2.05, 4.69) is 33.6 Å². The van der Waals surface area contributed by atoms with Crippen LogP contribution < -0.4 is 15.2 Å². The lowest BCUT2D eigenvalue weighted by atomic mass is 9.68. The van der Waals surface area contributed by atoms with Gasteiger partial charge in [-0.05, 0) is 105 Å². The fourth-order valence-corrected chi connectivity index (χ4v) is 10.6. The van der Waals surface area contributed by atoms with Gasteiger partial charge in [-0.2, -0.15) is 4.36 Å². The van der Waals surface area contributed by atoms with E-state index < -0.39 is 44.1 Å². The van der Waals surface area contributed by atoms with Gasteiger partial charge >= 0.3 is 0 Å². The second-order valence-electron chi connectivity index (χ2n) is 15.0. The summed E-state index contributed by atoms with van der Waals surface area (Å²) in [5.74, 6) is -1.22. The van der Waals surface area contributed by atoms with E-state index in [-0.39, 0.29) is 34.3 Å². The molecule has 3 aliphatic rings. The highest BCUT2D eigenvalue weighted by molar-refractivity contribution is 7.95. The molecule has 1 fully saturated rings. The van der Waals surface area contributed by atoms with Crippen molar-refractivity contribution in [2.75, 3.05) is 30.3 Å². The lowest BCUT2D eigenvalue weighted by Gasteiger charge is -2.45. The van der Waals surface area contributed by atoms with Crippen LogP contribution in [0.15, 0.2) is 77.1 Å². The molecule has 12 heteroatoms. The van der Waals surface area contributed by atoms with Crippen LogP contribution in [0.1, 0.15) is 77.8 Å². The van der Waals surface area contributed by atoms with Gasteiger partial charge in [0.05, 0.1) is 33.9 Å². The van der Waals surface area contributed by atoms with E-state index in [1.165, 1.54) is 22.0 Å². The van der Waals surface area contributed by atoms with Gasteiger partial charge in [-0.3, -0.25) is 24.2 Å². The number of aromatic nitrogens is 2. The Bertz CT molecular complexity index is 2060. The van der Waals surface area contributed by atoms with Gasteiger partial charge in [0.1, 0.15) is 11.3 Å². The van der Waals surface area contributed by atoms with Crippen molar-refractivity contribution in [1.29, 1.82) is 0 Å². The van der Waals surface area contributed by atoms with Crippen LogP contribution in [0.3, 0.4) is 0 Å². The summed E-state index contributed by atoms with van der Waals surface area (Å²) in [4.78, 5) is 42.2. The summed E-state index contributed by atoms with van der Waals surface area (Å²) < 4.78 is 27.0. The maximum absolute atomic E-state index is 14.7. The summed E-state index contributed by atoms with van der Waals surface area (Å²) in [6.07, 6.45) is 9.26. The number of hydrogen-bond donors (Lipinski definition) is 2. The first kappa shape index (κ1) is 37.8. The van der Waals surface area contributed by atoms with Crippen molar-refractivity contribution >= 4 is 38.7 Å². The molecule has 2 heterocycles. The number of halogens is 1. The Labute approximate surface area is 311 Å². The second kappa shape index (κ2) is 15.2. The van der Waals surface area contributed by atoms with E-state index in [9.17, 15) is 23.7 Å². The Morgan fingerprint density at radius 3 is 2.67 bits per heavy atom. The lowest BCUT2D eigenvalue weighted by Crippen LogP contribution is -2.49. The molecule has 2 aliphatic carbocycles. The summed E-state index contributed by atoms with van der Waals surface area (Å²) >= 11 is 6.43. The number of nitrogens with zero attached hydrogens (tertiary/aromatic N) is 3. The monoisotopic (exact) mass is 748 g/mol. The van der Waals surface area contributed by atoms with Gasteiger partial charge in [0.25, 0.3) is 11.5 Å². The van der Waals surface area contributed by atoms with E-state index in [1.54, 1.807) is 44.3 Å². The summed E-state index contributed by atoms with van der Waals surface area (Å²) in [5, 5.41) is 13.3. The maximum atomic E-state index is 14.7. The molecule has 0 radical (unpaired) electrons. The number of H-pyrrole nitrogens is 1. The fraction of sp³-hybridized carbons (Fsp3) is 0.475. The molecule has 0 bridgehead atoms. The third-order valence-corrected chi connectivity index (χ3v) is 14.5. The molecule has 1 amide bonds. The zero-order valence-corrected chi connectivity index (χ0v) is 31.8. The summed E-state index contributed by atoms with van der Waals surface area (Å²) in [6, 6.07) is 11.3. The Kier molecular flexibility index (Phi) is 11.1. The molecule has 52 heavy (non-hydrogen) atoms. The van der Waals surface area contributed by atoms with Crippen molar-refractivity contribution in [2.24, 2.45) is 29.2 Å². The van der Waals surface area contributed by atoms with Crippen LogP contribution in [0.4, 0.5) is 5.69 Å². The molecule has 1 aromatic heterocycles. The third kappa shape index (κ3) is 7.45. The van der Waals surface area contributed by atoms with E-state index in [0.717, 1.165) is 37.8 Å². The van der Waals surface area contributed by atoms with E-state index in [1.807, 2.05) is 19.1 Å². The van der Waals surface area contributed by atoms with E-state index in [4.69, 9.17) is 16.3 Å². The molecule has 0 unspecified atom stereocenters. The SMILES string of the molecule is C=CC[C@H](C)[C@@H](C)[S@@](=O)(CC(=O)c1cn(C)[nH]c1=O)=NC(=O)c1ccc2c(c1)N(C[C@@H]1CC[C@H]1[C@@H](O)C=C)C[C@@]1(CCCc3cc(Cl)ccc31)CO2. The Morgan fingerprint density at radius 1 is 1.21 bits per heavy atom. The molecular weight excluding hydrogens is 700 g/mol. The molecule has 0 saturated heterocycles. The lowest BCUT2D eigenvalue weighted by molar-refractivity contribution is 0.0460. The number of aliphatic hydroxyl groups excluding tert-OH is 1. The number of allylic oxidation sites excluding steroid dienone is 1. The van der Waals surface area contributed by atoms with Gasteiger partial charge in [-0.25, -0.2) is 4.21 Å². The van der Waals surface area contributed by atoms with Crippen LogP contribution in [0.25, 0.3) is 0 Å². The first-order valence-electron chi connectivity index (χ1n) is 18.1. The van der Waals surface area contributed by atoms with Crippen molar-refractivity contribution in [3.63, 3.8) is 0 Å². The van der Waals surface area contributed by atoms with Gasteiger partial charge in [-0.15, -0.1) is 13.2 Å². The molecule has 1 aliphatic heterocycles. The summed E-state index contributed by atoms with van der Waals surface area (Å²) in [6.45, 7) is 12.9. The first-order valence-corrected chi connectivity index (χ1v) is 20.2. The average Bonchev–Trinajstić information content (AvgIpc) is 3.37. The van der Waals surface area contributed by atoms with Crippen molar-refractivity contribution in [2.45, 2.75) is 69.1 Å². The number of fused-ring (bicyclic) bond motifs is 3. The molecule has 278 valence electrons. The number of carbonyl (C=O) groups excluding carboxylic acids is 2. The predicted molar refractivity (Wildman–Crippen MR) is 206 cm³/mol. The number of carbonyl (C=O) groups is 2. The normalized spacial score (nSPS) is 23.8. The van der Waals surface area contributed by atoms with Crippen molar-refractivity contribution in [3.8, 4) is 5.75 Å². The Morgan fingerprint density at radius 2 is 2.00 bits per heavy atom. The first-order chi connectivity index (χ1) is 24.8. The van der Waals surface area contributed by atoms with Crippen molar-refractivity contribution in [3.05, 3.63) is 106 Å². The second-order valence-corrected chi connectivity index (χ2v) is 18.0. The summed E-state index contributed by atoms with van der Waals surface area (Å²) in [7, 11) is -1.92. The number of aromatic amines is 1. The molecule has 2 N–H and O–H groups in total. The number of anilines is 1. The van der Waals surface area contributed by atoms with E-state index >= 15 is 0 Å². The van der Waals surface area contributed by atoms with Crippen LogP contribution in [0.2, 0.25) is 5.02 Å². The van der Waals surface area contributed by atoms with Crippen LogP contribution in [0.5, 0.6) is 5.75 Å². The van der Waals surface area contributed by atoms with Crippen LogP contribution in [-0.2, 0) is 28.6 Å². The minimum absolute atomic E-state index is 0.0800. The zero-order chi connectivity index (χ0) is 37.4. The number of nitrogens with one attached hydrogen (secondary N) is 1. The highest BCUT2D eigenvalue weighted by atomic mass is 35.5. The van der Waals surface area contributed by atoms with Gasteiger partial charge in [0.2, 0.25) is 0 Å². The number of aryl methyl sites for hydroxylation is 2. The van der Waals surface area contributed by atoms with Crippen molar-refractivity contribution in [1.82, 2.24) is 9.78 Å². The van der Waals surface area contributed by atoms with E-state index in [0.29, 0.717) is 36.9 Å². The van der Waals surface area contributed by atoms with Crippen LogP contribution in [-0.4, -0.2) is 67.6 Å². The highest BCUT2D eigenvalue weighted by Gasteiger charge is 2.44. The molecule has 10 nitrogen and oxygen atoms in total. The molecule has 7 atom stereocenters. The minimum Gasteiger partial charge on any atom is -0.490 e. The number of rotatable bonds is 12. The third-order valence-electron chi connectivity index (χ3n) is 11.5. The number of Topliss-reactive ketones (excluding diaryl/α,β-unsaturated/α-hetero) is 1. The smallest absolute Gasteiger partial charge is 0.285 e. The van der Waals surface area contributed by atoms with Crippen LogP contribution in [0, 0.1) is 17.8 Å². The van der Waals surface area contributed by atoms with Crippen LogP contribution >= 0.6 is 11.6 Å². The van der Waals surface area contributed by atoms with Gasteiger partial charge in [-0.1, -0.05) is 36.7 Å². The number of aliphatic hydroxyl groups is 1.